The summed E-state index contributed by atoms with van der Waals surface area (Å²) in [7, 11) is 3.95. The average Bonchev–Trinajstić information content (AvgIpc) is 3.76. The van der Waals surface area contributed by atoms with E-state index in [-0.39, 0.29) is 5.82 Å². The maximum atomic E-state index is 13.3. The smallest absolute Gasteiger partial charge is 0.123 e. The Labute approximate surface area is 287 Å². The molecule has 0 fully saturated rings. The van der Waals surface area contributed by atoms with Gasteiger partial charge in [-0.1, -0.05) is 88.2 Å². The highest BCUT2D eigenvalue weighted by Crippen LogP contribution is 2.30. The van der Waals surface area contributed by atoms with Crippen LogP contribution in [0.3, 0.4) is 0 Å². The molecule has 0 bridgehead atoms. The fraction of sp³-hybridized carbons (Fsp3) is 0.256. The van der Waals surface area contributed by atoms with Gasteiger partial charge < -0.3 is 20.5 Å². The number of aromatic amines is 1. The van der Waals surface area contributed by atoms with Gasteiger partial charge in [0, 0.05) is 55.4 Å². The summed E-state index contributed by atoms with van der Waals surface area (Å²) in [5, 5.41) is 12.0. The van der Waals surface area contributed by atoms with Crippen LogP contribution in [0.4, 0.5) is 15.8 Å². The Kier molecular flexibility index (Phi) is 19.7. The second-order valence-corrected chi connectivity index (χ2v) is 10.5. The number of hydrogen-bond acceptors (Lipinski definition) is 4. The summed E-state index contributed by atoms with van der Waals surface area (Å²) in [6.45, 7) is 24.9. The summed E-state index contributed by atoms with van der Waals surface area (Å²) < 4.78 is 15.3. The monoisotopic (exact) mass is 658 g/mol. The highest BCUT2D eigenvalue weighted by atomic mass is 35.5. The Morgan fingerprint density at radius 1 is 1.04 bits per heavy atom. The van der Waals surface area contributed by atoms with Crippen LogP contribution in [0.15, 0.2) is 111 Å². The molecule has 0 saturated heterocycles. The fourth-order valence-electron chi connectivity index (χ4n) is 4.26. The van der Waals surface area contributed by atoms with Gasteiger partial charge in [0.25, 0.3) is 0 Å². The molecular formula is C39H52ClFN6. The van der Waals surface area contributed by atoms with E-state index in [1.807, 2.05) is 88.1 Å². The van der Waals surface area contributed by atoms with Crippen LogP contribution in [0.5, 0.6) is 0 Å². The van der Waals surface area contributed by atoms with Gasteiger partial charge in [-0.15, -0.1) is 0 Å². The highest BCUT2D eigenvalue weighted by molar-refractivity contribution is 6.33. The van der Waals surface area contributed by atoms with Gasteiger partial charge in [0.1, 0.15) is 11.5 Å². The molecule has 252 valence electrons. The molecule has 0 saturated carbocycles. The van der Waals surface area contributed by atoms with E-state index in [4.69, 9.17) is 16.7 Å². The van der Waals surface area contributed by atoms with Crippen LogP contribution in [0.2, 0.25) is 5.02 Å². The van der Waals surface area contributed by atoms with Crippen molar-refractivity contribution < 1.29 is 4.39 Å². The molecule has 3 N–H and O–H groups in total. The summed E-state index contributed by atoms with van der Waals surface area (Å²) in [6.07, 6.45) is 11.8. The van der Waals surface area contributed by atoms with Crippen molar-refractivity contribution in [1.29, 1.82) is 0 Å². The quantitative estimate of drug-likeness (QED) is 0.130. The lowest BCUT2D eigenvalue weighted by atomic mass is 10.0. The normalized spacial score (nSPS) is 11.4. The molecule has 5 rings (SSSR count). The summed E-state index contributed by atoms with van der Waals surface area (Å²) in [4.78, 5) is 5.25. The third-order valence-corrected chi connectivity index (χ3v) is 7.06. The van der Waals surface area contributed by atoms with Crippen LogP contribution in [-0.4, -0.2) is 40.3 Å². The third-order valence-electron chi connectivity index (χ3n) is 6.73. The summed E-state index contributed by atoms with van der Waals surface area (Å²) in [5.74, 6) is -0.231. The van der Waals surface area contributed by atoms with Crippen molar-refractivity contribution in [2.45, 2.75) is 47.2 Å². The second kappa shape index (κ2) is 22.8. The first-order valence-corrected chi connectivity index (χ1v) is 16.1. The fourth-order valence-corrected chi connectivity index (χ4v) is 4.47. The minimum Gasteiger partial charge on any atom is -0.387 e. The maximum absolute atomic E-state index is 13.3. The molecule has 0 radical (unpaired) electrons. The highest BCUT2D eigenvalue weighted by Gasteiger charge is 2.25. The van der Waals surface area contributed by atoms with Gasteiger partial charge in [-0.05, 0) is 75.0 Å². The molecule has 0 aliphatic carbocycles. The lowest BCUT2D eigenvalue weighted by Crippen LogP contribution is -2.28. The SMILES string of the molecule is C/C=C\C.C=C(Nc1ccc(Cl)c(NC)c1)c1nn(Cc2ccc(F)cc2)c2c1CN(C)CC2.C=CC=C.C=Cc1ccc[nH]1.CC. The molecule has 2 aromatic heterocycles. The molecule has 4 aromatic rings. The average molecular weight is 659 g/mol. The predicted molar refractivity (Wildman–Crippen MR) is 205 cm³/mol. The van der Waals surface area contributed by atoms with Crippen molar-refractivity contribution in [3.63, 3.8) is 0 Å². The number of likely N-dealkylation sites (N-methyl/N-ethyl adjacent to an activating group) is 1. The van der Waals surface area contributed by atoms with Crippen molar-refractivity contribution >= 4 is 34.7 Å². The van der Waals surface area contributed by atoms with Crippen LogP contribution >= 0.6 is 11.6 Å². The molecule has 8 heteroatoms. The first-order valence-electron chi connectivity index (χ1n) is 15.7. The van der Waals surface area contributed by atoms with Gasteiger partial charge in [-0.25, -0.2) is 4.39 Å². The van der Waals surface area contributed by atoms with Crippen molar-refractivity contribution in [2.24, 2.45) is 0 Å². The Morgan fingerprint density at radius 2 is 1.70 bits per heavy atom. The summed E-state index contributed by atoms with van der Waals surface area (Å²) in [5.41, 5.74) is 7.82. The van der Waals surface area contributed by atoms with E-state index in [1.165, 1.54) is 23.4 Å². The first kappa shape index (κ1) is 40.4. The predicted octanol–water partition coefficient (Wildman–Crippen LogP) is 10.5. The molecule has 0 unspecified atom stereocenters. The van der Waals surface area contributed by atoms with Crippen molar-refractivity contribution in [2.75, 3.05) is 31.3 Å². The Balaban J connectivity index is 0.000000535. The number of nitrogens with one attached hydrogen (secondary N) is 3. The number of hydrogen-bond donors (Lipinski definition) is 3. The molecule has 2 aromatic carbocycles. The summed E-state index contributed by atoms with van der Waals surface area (Å²) in [6, 6.07) is 16.2. The van der Waals surface area contributed by atoms with Crippen molar-refractivity contribution in [3.8, 4) is 0 Å². The van der Waals surface area contributed by atoms with Crippen LogP contribution in [0.1, 0.15) is 55.9 Å². The number of allylic oxidation sites excluding steroid dienone is 4. The zero-order valence-electron chi connectivity index (χ0n) is 28.9. The van der Waals surface area contributed by atoms with E-state index < -0.39 is 0 Å². The lowest BCUT2D eigenvalue weighted by molar-refractivity contribution is 0.308. The standard InChI is InChI=1S/C23H25ClFN5.C6H7N.C4H8.C4H6.C2H6/c1-15(27-18-8-9-20(24)21(12-18)26-2)23-19-14-29(3)11-10-22(19)30(28-23)13-16-4-6-17(25)7-5-16;1-2-6-4-3-5-7-6;2*1-3-4-2;1-2/h4-9,12,26-27H,1,10-11,13-14H2,2-3H3;2-5,7H,1H2;3-4H,1-2H3;3-4H,1-2H2;1-2H3/b;;4-3-;;. The molecule has 0 amide bonds. The van der Waals surface area contributed by atoms with Gasteiger partial charge in [-0.3, -0.25) is 4.68 Å². The number of nitrogens with zero attached hydrogens (tertiary/aromatic N) is 3. The van der Waals surface area contributed by atoms with Gasteiger partial charge in [0.05, 0.1) is 23.0 Å². The zero-order chi connectivity index (χ0) is 35.2. The van der Waals surface area contributed by atoms with Gasteiger partial charge in [0.15, 0.2) is 0 Å². The van der Waals surface area contributed by atoms with E-state index in [0.717, 1.165) is 53.5 Å². The third kappa shape index (κ3) is 13.7. The Morgan fingerprint density at radius 3 is 2.21 bits per heavy atom. The van der Waals surface area contributed by atoms with Crippen LogP contribution in [0, 0.1) is 5.82 Å². The number of H-pyrrole nitrogens is 1. The largest absolute Gasteiger partial charge is 0.387 e. The Hall–Kier alpha value is -4.59. The van der Waals surface area contributed by atoms with Gasteiger partial charge in [-0.2, -0.15) is 5.10 Å². The number of halogens is 2. The number of rotatable bonds is 8. The second-order valence-electron chi connectivity index (χ2n) is 10.1. The van der Waals surface area contributed by atoms with E-state index >= 15 is 0 Å². The van der Waals surface area contributed by atoms with Crippen LogP contribution in [0.25, 0.3) is 11.8 Å². The lowest BCUT2D eigenvalue weighted by Gasteiger charge is -2.24. The van der Waals surface area contributed by atoms with Gasteiger partial charge in [0.2, 0.25) is 0 Å². The van der Waals surface area contributed by atoms with E-state index in [2.05, 4.69) is 53.9 Å². The molecule has 47 heavy (non-hydrogen) atoms. The van der Waals surface area contributed by atoms with Crippen molar-refractivity contribution in [1.82, 2.24) is 19.7 Å². The number of anilines is 2. The topological polar surface area (TPSA) is 60.9 Å². The Bertz CT molecular complexity index is 1520. The molecule has 1 aliphatic rings. The molecule has 0 atom stereocenters. The van der Waals surface area contributed by atoms with E-state index in [1.54, 1.807) is 30.4 Å². The first-order chi connectivity index (χ1) is 22.7. The molecule has 6 nitrogen and oxygen atoms in total. The maximum Gasteiger partial charge on any atom is 0.123 e. The summed E-state index contributed by atoms with van der Waals surface area (Å²) >= 11 is 6.19. The molecule has 3 heterocycles. The van der Waals surface area contributed by atoms with Gasteiger partial charge >= 0.3 is 0 Å². The minimum absolute atomic E-state index is 0.231. The van der Waals surface area contributed by atoms with Crippen LogP contribution < -0.4 is 10.6 Å². The van der Waals surface area contributed by atoms with Crippen LogP contribution in [-0.2, 0) is 19.5 Å². The van der Waals surface area contributed by atoms with Crippen molar-refractivity contribution in [3.05, 3.63) is 150 Å². The number of benzene rings is 2. The molecule has 1 aliphatic heterocycles. The van der Waals surface area contributed by atoms with E-state index in [9.17, 15) is 4.39 Å². The number of aromatic nitrogens is 3. The number of fused-ring (bicyclic) bond motifs is 1. The minimum atomic E-state index is -0.231. The van der Waals surface area contributed by atoms with E-state index in [0.29, 0.717) is 11.6 Å². The zero-order valence-corrected chi connectivity index (χ0v) is 29.7. The molecular weight excluding hydrogens is 607 g/mol. The molecule has 0 spiro atoms.